The number of fused-ring (bicyclic) bond motifs is 1. The normalized spacial score (nSPS) is 11.1. The van der Waals surface area contributed by atoms with E-state index in [4.69, 9.17) is 0 Å². The van der Waals surface area contributed by atoms with E-state index in [0.717, 1.165) is 24.0 Å². The van der Waals surface area contributed by atoms with E-state index >= 15 is 0 Å². The third-order valence-electron chi connectivity index (χ3n) is 3.02. The highest BCUT2D eigenvalue weighted by molar-refractivity contribution is 5.97. The van der Waals surface area contributed by atoms with Crippen LogP contribution >= 0.6 is 0 Å². The lowest BCUT2D eigenvalue weighted by Gasteiger charge is -2.13. The molecule has 0 bridgehead atoms. The average molecular weight is 246 g/mol. The van der Waals surface area contributed by atoms with Crippen molar-refractivity contribution in [2.45, 2.75) is 6.92 Å². The molecule has 0 aliphatic heterocycles. The molecule has 1 aromatic heterocycles. The Balaban J connectivity index is 1.95. The molecular weight excluding hydrogens is 228 g/mol. The topological polar surface area (TPSA) is 61.0 Å². The minimum atomic E-state index is -0.0454. The molecule has 96 valence electrons. The second kappa shape index (κ2) is 5.64. The Hall–Kier alpha value is -1.88. The van der Waals surface area contributed by atoms with E-state index in [1.807, 2.05) is 25.2 Å². The van der Waals surface area contributed by atoms with E-state index in [9.17, 15) is 4.79 Å². The molecule has 0 spiro atoms. The van der Waals surface area contributed by atoms with E-state index in [0.29, 0.717) is 12.1 Å². The molecule has 0 fully saturated rings. The predicted molar refractivity (Wildman–Crippen MR) is 71.6 cm³/mol. The Morgan fingerprint density at radius 3 is 3.11 bits per heavy atom. The number of carbonyl (C=O) groups is 1. The van der Waals surface area contributed by atoms with Crippen molar-refractivity contribution < 1.29 is 4.79 Å². The Morgan fingerprint density at radius 1 is 1.50 bits per heavy atom. The highest BCUT2D eigenvalue weighted by atomic mass is 16.1. The van der Waals surface area contributed by atoms with Gasteiger partial charge in [-0.25, -0.2) is 0 Å². The molecule has 0 saturated carbocycles. The van der Waals surface area contributed by atoms with E-state index in [1.165, 1.54) is 0 Å². The van der Waals surface area contributed by atoms with Gasteiger partial charge in [-0.15, -0.1) is 0 Å². The third kappa shape index (κ3) is 2.87. The zero-order chi connectivity index (χ0) is 13.0. The summed E-state index contributed by atoms with van der Waals surface area (Å²) in [5.41, 5.74) is 1.54. The second-order valence-electron chi connectivity index (χ2n) is 4.32. The van der Waals surface area contributed by atoms with Gasteiger partial charge in [0.1, 0.15) is 0 Å². The third-order valence-corrected chi connectivity index (χ3v) is 3.02. The maximum Gasteiger partial charge on any atom is 0.251 e. The fourth-order valence-corrected chi connectivity index (χ4v) is 1.70. The van der Waals surface area contributed by atoms with Gasteiger partial charge < -0.3 is 10.2 Å². The quantitative estimate of drug-likeness (QED) is 0.834. The summed E-state index contributed by atoms with van der Waals surface area (Å²) in [6.45, 7) is 4.59. The van der Waals surface area contributed by atoms with Gasteiger partial charge in [-0.2, -0.15) is 5.10 Å². The first kappa shape index (κ1) is 12.6. The summed E-state index contributed by atoms with van der Waals surface area (Å²) in [5.74, 6) is -0.0454. The van der Waals surface area contributed by atoms with Gasteiger partial charge in [0, 0.05) is 24.0 Å². The van der Waals surface area contributed by atoms with Crippen LogP contribution in [0.3, 0.4) is 0 Å². The van der Waals surface area contributed by atoms with E-state index in [-0.39, 0.29) is 5.91 Å². The van der Waals surface area contributed by atoms with Gasteiger partial charge in [-0.3, -0.25) is 9.89 Å². The number of likely N-dealkylation sites (N-methyl/N-ethyl adjacent to an activating group) is 1. The number of aromatic nitrogens is 2. The predicted octanol–water partition coefficient (Wildman–Crippen LogP) is 1.24. The molecular formula is C13H18N4O. The molecule has 2 rings (SSSR count). The van der Waals surface area contributed by atoms with Crippen molar-refractivity contribution in [3.8, 4) is 0 Å². The summed E-state index contributed by atoms with van der Waals surface area (Å²) in [5, 5.41) is 10.7. The molecule has 1 heterocycles. The van der Waals surface area contributed by atoms with Crippen LogP contribution in [0.1, 0.15) is 17.3 Å². The van der Waals surface area contributed by atoms with Crippen molar-refractivity contribution in [2.75, 3.05) is 26.7 Å². The number of nitrogens with zero attached hydrogens (tertiary/aromatic N) is 2. The number of aromatic amines is 1. The van der Waals surface area contributed by atoms with E-state index < -0.39 is 0 Å². The maximum absolute atomic E-state index is 11.9. The fraction of sp³-hybridized carbons (Fsp3) is 0.385. The monoisotopic (exact) mass is 246 g/mol. The van der Waals surface area contributed by atoms with Crippen LogP contribution in [0.4, 0.5) is 0 Å². The van der Waals surface area contributed by atoms with Gasteiger partial charge in [0.15, 0.2) is 0 Å². The number of hydrogen-bond donors (Lipinski definition) is 2. The smallest absolute Gasteiger partial charge is 0.251 e. The van der Waals surface area contributed by atoms with Crippen LogP contribution in [0.15, 0.2) is 24.4 Å². The first-order chi connectivity index (χ1) is 8.70. The molecule has 0 aliphatic rings. The first-order valence-corrected chi connectivity index (χ1v) is 6.10. The summed E-state index contributed by atoms with van der Waals surface area (Å²) < 4.78 is 0. The molecule has 0 unspecified atom stereocenters. The van der Waals surface area contributed by atoms with Crippen molar-refractivity contribution >= 4 is 16.8 Å². The van der Waals surface area contributed by atoms with E-state index in [1.54, 1.807) is 6.20 Å². The number of amides is 1. The van der Waals surface area contributed by atoms with Crippen LogP contribution in [-0.2, 0) is 0 Å². The molecule has 0 radical (unpaired) electrons. The molecule has 18 heavy (non-hydrogen) atoms. The Labute approximate surface area is 106 Å². The van der Waals surface area contributed by atoms with Crippen molar-refractivity contribution in [3.05, 3.63) is 30.0 Å². The van der Waals surface area contributed by atoms with Gasteiger partial charge in [-0.1, -0.05) is 13.0 Å². The molecule has 5 nitrogen and oxygen atoms in total. The molecule has 0 atom stereocenters. The first-order valence-electron chi connectivity index (χ1n) is 6.10. The van der Waals surface area contributed by atoms with Crippen LogP contribution in [0.5, 0.6) is 0 Å². The summed E-state index contributed by atoms with van der Waals surface area (Å²) in [4.78, 5) is 14.1. The molecule has 0 aliphatic carbocycles. The summed E-state index contributed by atoms with van der Waals surface area (Å²) in [6.07, 6.45) is 1.74. The zero-order valence-electron chi connectivity index (χ0n) is 10.7. The number of hydrogen-bond acceptors (Lipinski definition) is 3. The van der Waals surface area contributed by atoms with Crippen LogP contribution in [0.2, 0.25) is 0 Å². The van der Waals surface area contributed by atoms with Crippen molar-refractivity contribution in [3.63, 3.8) is 0 Å². The number of rotatable bonds is 5. The van der Waals surface area contributed by atoms with Crippen LogP contribution in [0, 0.1) is 0 Å². The number of nitrogens with one attached hydrogen (secondary N) is 2. The number of benzene rings is 1. The lowest BCUT2D eigenvalue weighted by Crippen LogP contribution is -2.32. The average Bonchev–Trinajstić information content (AvgIpc) is 2.85. The lowest BCUT2D eigenvalue weighted by atomic mass is 10.1. The van der Waals surface area contributed by atoms with Gasteiger partial charge in [0.25, 0.3) is 5.91 Å². The molecule has 0 saturated heterocycles. The van der Waals surface area contributed by atoms with Crippen LogP contribution in [0.25, 0.3) is 10.9 Å². The standard InChI is InChI=1S/C13H18N4O/c1-3-17(2)7-6-14-13(18)10-4-5-11-9-15-16-12(11)8-10/h4-5,8-9H,3,6-7H2,1-2H3,(H,14,18)(H,15,16). The Kier molecular flexibility index (Phi) is 3.94. The number of carbonyl (C=O) groups excluding carboxylic acids is 1. The minimum absolute atomic E-state index is 0.0454. The van der Waals surface area contributed by atoms with Crippen LogP contribution < -0.4 is 5.32 Å². The minimum Gasteiger partial charge on any atom is -0.351 e. The highest BCUT2D eigenvalue weighted by Gasteiger charge is 2.06. The Morgan fingerprint density at radius 2 is 2.33 bits per heavy atom. The molecule has 1 amide bonds. The largest absolute Gasteiger partial charge is 0.351 e. The molecule has 1 aromatic carbocycles. The SMILES string of the molecule is CCN(C)CCNC(=O)c1ccc2cn[nH]c2c1. The summed E-state index contributed by atoms with van der Waals surface area (Å²) in [6, 6.07) is 5.53. The fourth-order valence-electron chi connectivity index (χ4n) is 1.70. The van der Waals surface area contributed by atoms with Crippen molar-refractivity contribution in [1.82, 2.24) is 20.4 Å². The molecule has 2 N–H and O–H groups in total. The van der Waals surface area contributed by atoms with Crippen molar-refractivity contribution in [1.29, 1.82) is 0 Å². The van der Waals surface area contributed by atoms with Gasteiger partial charge in [-0.05, 0) is 25.7 Å². The second-order valence-corrected chi connectivity index (χ2v) is 4.32. The Bertz CT molecular complexity index is 535. The van der Waals surface area contributed by atoms with Gasteiger partial charge in [0.2, 0.25) is 0 Å². The van der Waals surface area contributed by atoms with Crippen LogP contribution in [-0.4, -0.2) is 47.7 Å². The lowest BCUT2D eigenvalue weighted by molar-refractivity contribution is 0.0950. The highest BCUT2D eigenvalue weighted by Crippen LogP contribution is 2.12. The number of H-pyrrole nitrogens is 1. The van der Waals surface area contributed by atoms with E-state index in [2.05, 4.69) is 27.3 Å². The van der Waals surface area contributed by atoms with Gasteiger partial charge in [0.05, 0.1) is 11.7 Å². The molecule has 2 aromatic rings. The maximum atomic E-state index is 11.9. The van der Waals surface area contributed by atoms with Crippen molar-refractivity contribution in [2.24, 2.45) is 0 Å². The van der Waals surface area contributed by atoms with Gasteiger partial charge >= 0.3 is 0 Å². The summed E-state index contributed by atoms with van der Waals surface area (Å²) in [7, 11) is 2.03. The zero-order valence-corrected chi connectivity index (χ0v) is 10.7. The molecule has 5 heteroatoms. The summed E-state index contributed by atoms with van der Waals surface area (Å²) >= 11 is 0.